The van der Waals surface area contributed by atoms with Crippen LogP contribution >= 0.6 is 15.9 Å². The number of hydrogen-bond acceptors (Lipinski definition) is 2. The van der Waals surface area contributed by atoms with E-state index in [2.05, 4.69) is 53.3 Å². The van der Waals surface area contributed by atoms with E-state index in [0.29, 0.717) is 12.0 Å². The van der Waals surface area contributed by atoms with E-state index in [0.717, 1.165) is 25.7 Å². The molecule has 19 heavy (non-hydrogen) atoms. The second kappa shape index (κ2) is 6.87. The van der Waals surface area contributed by atoms with Crippen LogP contribution in [0.3, 0.4) is 0 Å². The second-order valence-electron chi connectivity index (χ2n) is 6.03. The van der Waals surface area contributed by atoms with Crippen molar-refractivity contribution in [3.05, 3.63) is 33.8 Å². The molecule has 0 amide bonds. The topological polar surface area (TPSA) is 32.3 Å². The lowest BCUT2D eigenvalue weighted by Gasteiger charge is -2.30. The molecule has 2 N–H and O–H groups in total. The van der Waals surface area contributed by atoms with Crippen LogP contribution in [0.1, 0.15) is 37.8 Å². The Hall–Kier alpha value is -0.380. The van der Waals surface area contributed by atoms with Gasteiger partial charge in [0.2, 0.25) is 0 Å². The van der Waals surface area contributed by atoms with Gasteiger partial charge in [0.15, 0.2) is 0 Å². The Morgan fingerprint density at radius 3 is 2.84 bits per heavy atom. The number of benzene rings is 1. The van der Waals surface area contributed by atoms with E-state index in [4.69, 9.17) is 0 Å². The molecule has 1 aromatic rings. The molecule has 3 heteroatoms. The molecule has 0 radical (unpaired) electrons. The van der Waals surface area contributed by atoms with Crippen molar-refractivity contribution in [2.45, 2.75) is 51.6 Å². The Bertz CT molecular complexity index is 419. The minimum atomic E-state index is 0.238. The Labute approximate surface area is 124 Å². The molecule has 0 fully saturated rings. The van der Waals surface area contributed by atoms with Crippen molar-refractivity contribution in [2.75, 3.05) is 6.61 Å². The lowest BCUT2D eigenvalue weighted by atomic mass is 9.87. The van der Waals surface area contributed by atoms with Crippen molar-refractivity contribution >= 4 is 15.9 Å². The van der Waals surface area contributed by atoms with Crippen LogP contribution in [0.2, 0.25) is 0 Å². The molecule has 2 unspecified atom stereocenters. The number of rotatable bonds is 5. The molecule has 2 atom stereocenters. The van der Waals surface area contributed by atoms with Crippen molar-refractivity contribution in [3.8, 4) is 0 Å². The summed E-state index contributed by atoms with van der Waals surface area (Å²) in [5, 5.41) is 13.1. The van der Waals surface area contributed by atoms with Crippen LogP contribution in [0.25, 0.3) is 0 Å². The third-order valence-corrected chi connectivity index (χ3v) is 4.34. The van der Waals surface area contributed by atoms with Crippen LogP contribution < -0.4 is 5.32 Å². The molecule has 2 rings (SSSR count). The zero-order valence-corrected chi connectivity index (χ0v) is 13.4. The molecular weight excluding hydrogens is 302 g/mol. The average molecular weight is 326 g/mol. The molecule has 0 saturated heterocycles. The normalized spacial score (nSPS) is 20.4. The fourth-order valence-corrected chi connectivity index (χ4v) is 3.37. The summed E-state index contributed by atoms with van der Waals surface area (Å²) in [4.78, 5) is 0. The van der Waals surface area contributed by atoms with Crippen molar-refractivity contribution < 1.29 is 5.11 Å². The zero-order chi connectivity index (χ0) is 13.8. The Morgan fingerprint density at radius 1 is 1.37 bits per heavy atom. The lowest BCUT2D eigenvalue weighted by Crippen LogP contribution is -2.44. The summed E-state index contributed by atoms with van der Waals surface area (Å²) in [7, 11) is 0. The van der Waals surface area contributed by atoms with Crippen molar-refractivity contribution in [2.24, 2.45) is 5.92 Å². The molecule has 0 bridgehead atoms. The van der Waals surface area contributed by atoms with Crippen LogP contribution in [0.15, 0.2) is 22.7 Å². The van der Waals surface area contributed by atoms with Crippen LogP contribution in [-0.2, 0) is 12.8 Å². The van der Waals surface area contributed by atoms with E-state index in [1.165, 1.54) is 15.6 Å². The van der Waals surface area contributed by atoms with Gasteiger partial charge in [-0.05, 0) is 54.9 Å². The molecule has 0 aromatic heterocycles. The third kappa shape index (κ3) is 4.30. The lowest BCUT2D eigenvalue weighted by molar-refractivity contribution is 0.208. The van der Waals surface area contributed by atoms with Gasteiger partial charge < -0.3 is 10.4 Å². The van der Waals surface area contributed by atoms with Gasteiger partial charge in [0.25, 0.3) is 0 Å². The number of fused-ring (bicyclic) bond motifs is 1. The molecule has 0 aliphatic heterocycles. The molecule has 0 spiro atoms. The van der Waals surface area contributed by atoms with Crippen molar-refractivity contribution in [1.82, 2.24) is 5.32 Å². The standard InChI is InChI=1S/C16H24BrNO/c1-11(2)7-16(10-19)18-15-6-4-12-8-14(17)5-3-13(12)9-15/h3,5,8,11,15-16,18-19H,4,6-7,9-10H2,1-2H3. The highest BCUT2D eigenvalue weighted by Crippen LogP contribution is 2.25. The Kier molecular flexibility index (Phi) is 5.43. The summed E-state index contributed by atoms with van der Waals surface area (Å²) in [5.41, 5.74) is 2.92. The maximum absolute atomic E-state index is 9.47. The van der Waals surface area contributed by atoms with Gasteiger partial charge in [-0.3, -0.25) is 0 Å². The van der Waals surface area contributed by atoms with Crippen molar-refractivity contribution in [3.63, 3.8) is 0 Å². The van der Waals surface area contributed by atoms with E-state index in [1.807, 2.05) is 0 Å². The predicted molar refractivity (Wildman–Crippen MR) is 83.4 cm³/mol. The number of hydrogen-bond donors (Lipinski definition) is 2. The first-order valence-corrected chi connectivity index (χ1v) is 8.02. The molecule has 106 valence electrons. The minimum absolute atomic E-state index is 0.238. The van der Waals surface area contributed by atoms with E-state index in [9.17, 15) is 5.11 Å². The monoisotopic (exact) mass is 325 g/mol. The van der Waals surface area contributed by atoms with Gasteiger partial charge in [-0.15, -0.1) is 0 Å². The Morgan fingerprint density at radius 2 is 2.16 bits per heavy atom. The number of aliphatic hydroxyl groups is 1. The summed E-state index contributed by atoms with van der Waals surface area (Å²) >= 11 is 3.54. The summed E-state index contributed by atoms with van der Waals surface area (Å²) < 4.78 is 1.17. The number of nitrogens with one attached hydrogen (secondary N) is 1. The zero-order valence-electron chi connectivity index (χ0n) is 11.8. The Balaban J connectivity index is 1.95. The fourth-order valence-electron chi connectivity index (χ4n) is 2.96. The minimum Gasteiger partial charge on any atom is -0.395 e. The number of aliphatic hydroxyl groups excluding tert-OH is 1. The third-order valence-electron chi connectivity index (χ3n) is 3.84. The quantitative estimate of drug-likeness (QED) is 0.870. The van der Waals surface area contributed by atoms with Gasteiger partial charge in [-0.2, -0.15) is 0 Å². The van der Waals surface area contributed by atoms with E-state index in [-0.39, 0.29) is 12.6 Å². The number of aryl methyl sites for hydroxylation is 1. The molecule has 1 aromatic carbocycles. The van der Waals surface area contributed by atoms with E-state index >= 15 is 0 Å². The summed E-state index contributed by atoms with van der Waals surface area (Å²) in [6, 6.07) is 7.33. The van der Waals surface area contributed by atoms with Crippen LogP contribution in [-0.4, -0.2) is 23.8 Å². The molecule has 1 aliphatic rings. The fraction of sp³-hybridized carbons (Fsp3) is 0.625. The molecule has 0 saturated carbocycles. The first-order valence-electron chi connectivity index (χ1n) is 7.22. The maximum atomic E-state index is 9.47. The number of halogens is 1. The summed E-state index contributed by atoms with van der Waals surface area (Å²) in [6.07, 6.45) is 4.42. The van der Waals surface area contributed by atoms with E-state index < -0.39 is 0 Å². The smallest absolute Gasteiger partial charge is 0.0584 e. The highest BCUT2D eigenvalue weighted by Gasteiger charge is 2.21. The highest BCUT2D eigenvalue weighted by molar-refractivity contribution is 9.10. The maximum Gasteiger partial charge on any atom is 0.0584 e. The summed E-state index contributed by atoms with van der Waals surface area (Å²) in [6.45, 7) is 4.65. The van der Waals surface area contributed by atoms with Gasteiger partial charge in [0, 0.05) is 16.6 Å². The predicted octanol–water partition coefficient (Wildman–Crippen LogP) is 3.30. The van der Waals surface area contributed by atoms with Crippen molar-refractivity contribution in [1.29, 1.82) is 0 Å². The van der Waals surface area contributed by atoms with E-state index in [1.54, 1.807) is 0 Å². The largest absolute Gasteiger partial charge is 0.395 e. The van der Waals surface area contributed by atoms with Gasteiger partial charge in [-0.25, -0.2) is 0 Å². The molecule has 1 aliphatic carbocycles. The van der Waals surface area contributed by atoms with Crippen LogP contribution in [0.5, 0.6) is 0 Å². The van der Waals surface area contributed by atoms with Crippen LogP contribution in [0.4, 0.5) is 0 Å². The van der Waals surface area contributed by atoms with Gasteiger partial charge >= 0.3 is 0 Å². The van der Waals surface area contributed by atoms with Crippen LogP contribution in [0, 0.1) is 5.92 Å². The average Bonchev–Trinajstić information content (AvgIpc) is 2.37. The molecular formula is C16H24BrNO. The van der Waals surface area contributed by atoms with Gasteiger partial charge in [0.1, 0.15) is 0 Å². The highest BCUT2D eigenvalue weighted by atomic mass is 79.9. The molecule has 0 heterocycles. The van der Waals surface area contributed by atoms with Gasteiger partial charge in [0.05, 0.1) is 6.61 Å². The second-order valence-corrected chi connectivity index (χ2v) is 6.94. The first-order chi connectivity index (χ1) is 9.08. The molecule has 2 nitrogen and oxygen atoms in total. The van der Waals surface area contributed by atoms with Gasteiger partial charge in [-0.1, -0.05) is 35.8 Å². The summed E-state index contributed by atoms with van der Waals surface area (Å²) in [5.74, 6) is 0.622. The first kappa shape index (κ1) is 15.0. The SMILES string of the molecule is CC(C)CC(CO)NC1CCc2cc(Br)ccc2C1.